The molecule has 5 N–H and O–H groups in total. The number of nitrogens with one attached hydrogen (secondary N) is 2. The standard InChI is InChI=1S/C28H37FN8O12P2S2/c1-3-5-12(6-4-2)23(39)32-15-7-8-36(27(41)33-15)19-21-28(19,29)20-14(46-21)10-45-50(42,52)48-18-17(38)13(9-44-51(43,53)49-20)47-25(18)37-11-31-16-22(37)34-26(30)35-24(16)40/h7-8,11-14,17-21,25,38H,3-6,9-10H2,1-2H3,(H,42,52)(H,43,53)(H3,30,34,35,40)(H,32,33,39,41)/t13-,14-,17?,18?,19-,20?,21?,25-,28?,50-,51-/m1/s1. The molecule has 20 nitrogen and oxygen atoms in total. The number of imidazole rings is 1. The highest BCUT2D eigenvalue weighted by molar-refractivity contribution is 8.44. The predicted octanol–water partition coefficient (Wildman–Crippen LogP) is 2.30. The number of H-pyrrole nitrogens is 1. The van der Waals surface area contributed by atoms with E-state index < -0.39 is 92.6 Å². The van der Waals surface area contributed by atoms with Gasteiger partial charge < -0.3 is 25.6 Å². The lowest BCUT2D eigenvalue weighted by Crippen LogP contribution is -2.41. The zero-order valence-corrected chi connectivity index (χ0v) is 31.7. The first kappa shape index (κ1) is 38.6. The lowest BCUT2D eigenvalue weighted by atomic mass is 9.97. The van der Waals surface area contributed by atoms with E-state index in [1.807, 2.05) is 13.8 Å². The van der Waals surface area contributed by atoms with Crippen molar-refractivity contribution in [3.05, 3.63) is 39.4 Å². The van der Waals surface area contributed by atoms with Crippen molar-refractivity contribution in [2.45, 2.75) is 94.1 Å². The van der Waals surface area contributed by atoms with E-state index in [2.05, 4.69) is 49.7 Å². The van der Waals surface area contributed by atoms with Gasteiger partial charge in [0.15, 0.2) is 23.1 Å². The van der Waals surface area contributed by atoms with Crippen molar-refractivity contribution in [2.75, 3.05) is 24.3 Å². The molecule has 1 saturated carbocycles. The fraction of sp³-hybridized carbons (Fsp3) is 0.643. The number of hydrogen-bond acceptors (Lipinski definition) is 16. The summed E-state index contributed by atoms with van der Waals surface area (Å²) in [5, 5.41) is 13.9. The number of carbonyl (C=O) groups is 1. The van der Waals surface area contributed by atoms with E-state index >= 15 is 4.39 Å². The Morgan fingerprint density at radius 1 is 1.09 bits per heavy atom. The number of amides is 1. The Kier molecular flexibility index (Phi) is 10.5. The van der Waals surface area contributed by atoms with Crippen LogP contribution in [-0.2, 0) is 41.5 Å². The number of nitrogen functional groups attached to an aromatic ring is 1. The van der Waals surface area contributed by atoms with Gasteiger partial charge in [-0.05, 0) is 18.9 Å². The van der Waals surface area contributed by atoms with Gasteiger partial charge in [-0.3, -0.25) is 41.8 Å². The third-order valence-corrected chi connectivity index (χ3v) is 12.7. The lowest BCUT2D eigenvalue weighted by Gasteiger charge is -2.29. The van der Waals surface area contributed by atoms with Crippen LogP contribution in [0.25, 0.3) is 11.2 Å². The van der Waals surface area contributed by atoms with Crippen LogP contribution in [0.1, 0.15) is 51.8 Å². The first-order valence-corrected chi connectivity index (χ1v) is 22.1. The summed E-state index contributed by atoms with van der Waals surface area (Å²) in [5.41, 5.74) is 1.45. The molecule has 0 spiro atoms. The second-order valence-corrected chi connectivity index (χ2v) is 18.8. The number of nitrogens with zero attached hydrogens (tertiary/aromatic N) is 5. The number of alkyl halides is 1. The van der Waals surface area contributed by atoms with Gasteiger partial charge in [-0.2, -0.15) is 9.97 Å². The molecule has 3 aromatic rings. The summed E-state index contributed by atoms with van der Waals surface area (Å²) in [4.78, 5) is 52.6. The number of carbonyl (C=O) groups excluding carboxylic acids is 1. The first-order chi connectivity index (χ1) is 25.1. The maximum Gasteiger partial charge on any atom is 0.386 e. The molecule has 0 radical (unpaired) electrons. The molecule has 11 atom stereocenters. The van der Waals surface area contributed by atoms with E-state index in [1.54, 1.807) is 0 Å². The molecule has 53 heavy (non-hydrogen) atoms. The van der Waals surface area contributed by atoms with Crippen LogP contribution in [-0.4, -0.2) is 95.6 Å². The van der Waals surface area contributed by atoms with E-state index in [1.165, 1.54) is 16.8 Å². The van der Waals surface area contributed by atoms with Gasteiger partial charge in [-0.1, -0.05) is 51.2 Å². The number of rotatable bonds is 8. The average Bonchev–Trinajstić information content (AvgIpc) is 3.34. The second kappa shape index (κ2) is 14.4. The highest BCUT2D eigenvalue weighted by Gasteiger charge is 2.81. The Morgan fingerprint density at radius 2 is 1.77 bits per heavy atom. The van der Waals surface area contributed by atoms with Crippen molar-refractivity contribution in [1.82, 2.24) is 29.1 Å². The van der Waals surface area contributed by atoms with E-state index in [4.69, 9.17) is 33.3 Å². The van der Waals surface area contributed by atoms with Crippen molar-refractivity contribution in [2.24, 2.45) is 5.92 Å². The minimum absolute atomic E-state index is 0.00768. The van der Waals surface area contributed by atoms with Crippen LogP contribution < -0.4 is 22.3 Å². The molecule has 1 amide bonds. The van der Waals surface area contributed by atoms with Crippen LogP contribution in [0.2, 0.25) is 0 Å². The highest BCUT2D eigenvalue weighted by atomic mass is 32.7. The van der Waals surface area contributed by atoms with E-state index in [9.17, 15) is 28.6 Å². The van der Waals surface area contributed by atoms with Crippen LogP contribution in [0.4, 0.5) is 16.2 Å². The molecule has 4 aliphatic rings. The van der Waals surface area contributed by atoms with Crippen molar-refractivity contribution in [1.29, 1.82) is 0 Å². The molecule has 3 aromatic heterocycles. The molecule has 2 bridgehead atoms. The molecule has 5 unspecified atom stereocenters. The predicted molar refractivity (Wildman–Crippen MR) is 189 cm³/mol. The van der Waals surface area contributed by atoms with Crippen LogP contribution in [0, 0.1) is 5.92 Å². The van der Waals surface area contributed by atoms with Crippen LogP contribution in [0.3, 0.4) is 0 Å². The summed E-state index contributed by atoms with van der Waals surface area (Å²) < 4.78 is 80.2. The van der Waals surface area contributed by atoms with Gasteiger partial charge in [0.1, 0.15) is 48.5 Å². The monoisotopic (exact) mass is 822 g/mol. The topological polar surface area (TPSA) is 263 Å². The molecule has 290 valence electrons. The molecule has 0 aromatic carbocycles. The summed E-state index contributed by atoms with van der Waals surface area (Å²) in [5.74, 6) is -0.795. The smallest absolute Gasteiger partial charge is 0.386 e. The number of aromatic nitrogens is 6. The number of halogens is 1. The third-order valence-electron chi connectivity index (χ3n) is 9.53. The molecule has 25 heteroatoms. The fourth-order valence-corrected chi connectivity index (χ4v) is 10.0. The molecule has 1 aliphatic carbocycles. The number of aliphatic hydroxyl groups is 1. The Hall–Kier alpha value is -2.69. The number of hydrogen-bond donors (Lipinski definition) is 6. The SMILES string of the molecule is CCCC(CCC)C(=O)Nc1ccn([C@@H]2C3O[C@@H]4CO[P@@](=O)(S)OC5C(O)[C@@H](CO[P@@](=O)(S)OC4C32F)O[C@H]5n2cnc3c(=O)[nH]c(N)nc32)c(=O)n1. The maximum atomic E-state index is 16.9. The normalized spacial score (nSPS) is 37.0. The quantitative estimate of drug-likeness (QED) is 0.141. The largest absolute Gasteiger partial charge is 0.387 e. The van der Waals surface area contributed by atoms with Crippen molar-refractivity contribution in [3.8, 4) is 0 Å². The minimum Gasteiger partial charge on any atom is -0.387 e. The Morgan fingerprint density at radius 3 is 2.45 bits per heavy atom. The summed E-state index contributed by atoms with van der Waals surface area (Å²) in [6.45, 7) is -6.41. The van der Waals surface area contributed by atoms with Crippen molar-refractivity contribution >= 4 is 66.9 Å². The Labute approximate surface area is 310 Å². The zero-order valence-electron chi connectivity index (χ0n) is 28.1. The van der Waals surface area contributed by atoms with E-state index in [0.717, 1.165) is 23.7 Å². The number of ether oxygens (including phenoxy) is 2. The van der Waals surface area contributed by atoms with Gasteiger partial charge in [-0.15, -0.1) is 0 Å². The lowest BCUT2D eigenvalue weighted by molar-refractivity contribution is -0.120. The fourth-order valence-electron chi connectivity index (χ4n) is 7.06. The van der Waals surface area contributed by atoms with E-state index in [0.29, 0.717) is 12.8 Å². The Bertz CT molecular complexity index is 2120. The zero-order chi connectivity index (χ0) is 38.0. The number of fused-ring (bicyclic) bond motifs is 6. The minimum atomic E-state index is -4.52. The molecule has 6 heterocycles. The van der Waals surface area contributed by atoms with Gasteiger partial charge >= 0.3 is 19.3 Å². The highest BCUT2D eigenvalue weighted by Crippen LogP contribution is 2.67. The number of aliphatic hydroxyl groups excluding tert-OH is 1. The number of aromatic amines is 1. The molecule has 3 saturated heterocycles. The van der Waals surface area contributed by atoms with Gasteiger partial charge in [0, 0.05) is 12.1 Å². The summed E-state index contributed by atoms with van der Waals surface area (Å²) in [6.07, 6.45) is -5.07. The van der Waals surface area contributed by atoms with Gasteiger partial charge in [0.2, 0.25) is 11.9 Å². The van der Waals surface area contributed by atoms with E-state index in [-0.39, 0.29) is 34.8 Å². The average molecular weight is 823 g/mol. The number of nitrogens with two attached hydrogens (primary N) is 1. The van der Waals surface area contributed by atoms with Crippen molar-refractivity contribution < 1.29 is 51.0 Å². The third kappa shape index (κ3) is 7.26. The molecule has 7 rings (SSSR count). The van der Waals surface area contributed by atoms with Gasteiger partial charge in [-0.25, -0.2) is 23.3 Å². The van der Waals surface area contributed by atoms with Crippen molar-refractivity contribution in [3.63, 3.8) is 0 Å². The van der Waals surface area contributed by atoms with Crippen LogP contribution >= 0.6 is 38.1 Å². The van der Waals surface area contributed by atoms with Crippen LogP contribution in [0.15, 0.2) is 28.2 Å². The summed E-state index contributed by atoms with van der Waals surface area (Å²) >= 11 is 8.09. The molecular formula is C28H37FN8O12P2S2. The number of anilines is 2. The second-order valence-electron chi connectivity index (χ2n) is 13.1. The maximum absolute atomic E-state index is 16.9. The Balaban J connectivity index is 1.11. The molecule has 3 aliphatic heterocycles. The molecule has 4 fully saturated rings. The van der Waals surface area contributed by atoms with Gasteiger partial charge in [0.25, 0.3) is 5.56 Å². The van der Waals surface area contributed by atoms with Crippen LogP contribution in [0.5, 0.6) is 0 Å². The first-order valence-electron chi connectivity index (χ1n) is 16.7. The van der Waals surface area contributed by atoms with Gasteiger partial charge in [0.05, 0.1) is 19.5 Å². The summed E-state index contributed by atoms with van der Waals surface area (Å²) in [6, 6.07) is 0.0356. The number of thiol groups is 2. The molecular weight excluding hydrogens is 785 g/mol. The summed E-state index contributed by atoms with van der Waals surface area (Å²) in [7, 11) is 0.